The zero-order chi connectivity index (χ0) is 23.7. The maximum Gasteiger partial charge on any atom is 0.117 e. The van der Waals surface area contributed by atoms with Crippen LogP contribution >= 0.6 is 0 Å². The smallest absolute Gasteiger partial charge is 0.117 e. The van der Waals surface area contributed by atoms with Crippen LogP contribution in [0.5, 0.6) is 0 Å². The van der Waals surface area contributed by atoms with Crippen LogP contribution in [0, 0.1) is 23.2 Å². The van der Waals surface area contributed by atoms with Gasteiger partial charge in [0.25, 0.3) is 0 Å². The highest BCUT2D eigenvalue weighted by Gasteiger charge is 2.50. The Labute approximate surface area is 195 Å². The van der Waals surface area contributed by atoms with Gasteiger partial charge in [0.15, 0.2) is 0 Å². The first-order valence-electron chi connectivity index (χ1n) is 13.1. The maximum absolute atomic E-state index is 10.5. The van der Waals surface area contributed by atoms with Gasteiger partial charge in [-0.05, 0) is 94.8 Å². The third-order valence-corrected chi connectivity index (χ3v) is 9.34. The van der Waals surface area contributed by atoms with Gasteiger partial charge in [-0.3, -0.25) is 0 Å². The lowest BCUT2D eigenvalue weighted by atomic mass is 9.60. The van der Waals surface area contributed by atoms with E-state index in [0.29, 0.717) is 36.5 Å². The number of hydrogen-bond acceptors (Lipinski definition) is 4. The van der Waals surface area contributed by atoms with Crippen LogP contribution in [0.2, 0.25) is 0 Å². The van der Waals surface area contributed by atoms with E-state index < -0.39 is 23.4 Å². The Bertz CT molecular complexity index is 689. The molecule has 4 heteroatoms. The zero-order valence-corrected chi connectivity index (χ0v) is 21.1. The van der Waals surface area contributed by atoms with Crippen LogP contribution in [-0.4, -0.2) is 43.8 Å². The normalized spacial score (nSPS) is 40.4. The van der Waals surface area contributed by atoms with Crippen LogP contribution in [-0.2, 0) is 0 Å². The molecule has 184 valence electrons. The van der Waals surface area contributed by atoms with Crippen LogP contribution in [0.25, 0.3) is 0 Å². The summed E-state index contributed by atoms with van der Waals surface area (Å²) in [5, 5.41) is 41.4. The lowest BCUT2D eigenvalue weighted by molar-refractivity contribution is -0.158. The molecule has 3 rings (SSSR count). The molecular formula is C28H48O4. The second-order valence-electron chi connectivity index (χ2n) is 12.1. The van der Waals surface area contributed by atoms with E-state index in [1.807, 2.05) is 20.8 Å². The fourth-order valence-electron chi connectivity index (χ4n) is 7.26. The highest BCUT2D eigenvalue weighted by molar-refractivity contribution is 5.27. The third kappa shape index (κ3) is 5.35. The van der Waals surface area contributed by atoms with Gasteiger partial charge in [-0.1, -0.05) is 56.9 Å². The predicted molar refractivity (Wildman–Crippen MR) is 130 cm³/mol. The van der Waals surface area contributed by atoms with Crippen molar-refractivity contribution in [1.82, 2.24) is 0 Å². The minimum atomic E-state index is -1.38. The largest absolute Gasteiger partial charge is 0.390 e. The molecule has 6 atom stereocenters. The molecule has 3 saturated carbocycles. The van der Waals surface area contributed by atoms with Gasteiger partial charge in [-0.2, -0.15) is 0 Å². The van der Waals surface area contributed by atoms with Gasteiger partial charge in [-0.25, -0.2) is 0 Å². The Hall–Kier alpha value is -0.680. The van der Waals surface area contributed by atoms with Crippen molar-refractivity contribution in [3.8, 4) is 0 Å². The van der Waals surface area contributed by atoms with Crippen LogP contribution in [0.4, 0.5) is 0 Å². The lowest BCUT2D eigenvalue weighted by Gasteiger charge is -2.44. The summed E-state index contributed by atoms with van der Waals surface area (Å²) >= 11 is 0. The molecule has 0 heterocycles. The second-order valence-corrected chi connectivity index (χ2v) is 12.1. The molecular weight excluding hydrogens is 400 g/mol. The molecule has 4 nitrogen and oxygen atoms in total. The van der Waals surface area contributed by atoms with Crippen LogP contribution in [0.15, 0.2) is 23.3 Å². The van der Waals surface area contributed by atoms with Crippen LogP contribution < -0.4 is 0 Å². The van der Waals surface area contributed by atoms with E-state index in [4.69, 9.17) is 0 Å². The fraction of sp³-hybridized carbons (Fsp3) is 0.857. The van der Waals surface area contributed by atoms with Gasteiger partial charge < -0.3 is 20.4 Å². The summed E-state index contributed by atoms with van der Waals surface area (Å²) in [6.45, 7) is 10.6. The maximum atomic E-state index is 10.5. The fourth-order valence-corrected chi connectivity index (χ4v) is 7.26. The van der Waals surface area contributed by atoms with Gasteiger partial charge in [0, 0.05) is 0 Å². The van der Waals surface area contributed by atoms with Gasteiger partial charge >= 0.3 is 0 Å². The Kier molecular flexibility index (Phi) is 8.02. The monoisotopic (exact) mass is 448 g/mol. The summed E-state index contributed by atoms with van der Waals surface area (Å²) in [5.41, 5.74) is 0.984. The molecule has 3 aliphatic rings. The first-order valence-corrected chi connectivity index (χ1v) is 13.1. The van der Waals surface area contributed by atoms with Gasteiger partial charge in [-0.15, -0.1) is 0 Å². The van der Waals surface area contributed by atoms with E-state index in [0.717, 1.165) is 30.8 Å². The van der Waals surface area contributed by atoms with Gasteiger partial charge in [0.1, 0.15) is 5.60 Å². The minimum Gasteiger partial charge on any atom is -0.390 e. The molecule has 3 unspecified atom stereocenters. The first-order chi connectivity index (χ1) is 14.9. The van der Waals surface area contributed by atoms with E-state index in [1.54, 1.807) is 0 Å². The molecule has 0 aromatic carbocycles. The number of aliphatic hydroxyl groups excluding tert-OH is 2. The minimum absolute atomic E-state index is 0.352. The zero-order valence-electron chi connectivity index (χ0n) is 21.1. The summed E-state index contributed by atoms with van der Waals surface area (Å²) in [7, 11) is 0. The lowest BCUT2D eigenvalue weighted by Crippen LogP contribution is -2.54. The van der Waals surface area contributed by atoms with Crippen LogP contribution in [0.1, 0.15) is 105 Å². The number of fused-ring (bicyclic) bond motifs is 1. The third-order valence-electron chi connectivity index (χ3n) is 9.34. The highest BCUT2D eigenvalue weighted by atomic mass is 16.4. The van der Waals surface area contributed by atoms with E-state index in [2.05, 4.69) is 26.0 Å². The first kappa shape index (κ1) is 25.9. The van der Waals surface area contributed by atoms with Crippen molar-refractivity contribution in [3.05, 3.63) is 23.3 Å². The Morgan fingerprint density at radius 2 is 1.78 bits per heavy atom. The predicted octanol–water partition coefficient (Wildman–Crippen LogP) is 5.29. The Balaban J connectivity index is 1.68. The van der Waals surface area contributed by atoms with Gasteiger partial charge in [0.2, 0.25) is 0 Å². The summed E-state index contributed by atoms with van der Waals surface area (Å²) < 4.78 is 0. The van der Waals surface area contributed by atoms with E-state index >= 15 is 0 Å². The molecule has 0 aromatic rings. The molecule has 0 radical (unpaired) electrons. The van der Waals surface area contributed by atoms with E-state index in [-0.39, 0.29) is 0 Å². The molecule has 0 spiro atoms. The molecule has 32 heavy (non-hydrogen) atoms. The van der Waals surface area contributed by atoms with Crippen molar-refractivity contribution in [2.24, 2.45) is 23.2 Å². The number of rotatable bonds is 7. The average Bonchev–Trinajstić information content (AvgIpc) is 3.06. The molecule has 0 amide bonds. The summed E-state index contributed by atoms with van der Waals surface area (Å²) in [4.78, 5) is 0. The van der Waals surface area contributed by atoms with Crippen molar-refractivity contribution in [1.29, 1.82) is 0 Å². The highest BCUT2D eigenvalue weighted by Crippen LogP contribution is 2.60. The Morgan fingerprint density at radius 3 is 2.38 bits per heavy atom. The quantitative estimate of drug-likeness (QED) is 0.427. The Morgan fingerprint density at radius 1 is 1.12 bits per heavy atom. The van der Waals surface area contributed by atoms with E-state index in [9.17, 15) is 20.4 Å². The number of hydrogen-bond donors (Lipinski definition) is 4. The molecule has 3 aliphatic carbocycles. The van der Waals surface area contributed by atoms with Gasteiger partial charge in [0.05, 0.1) is 17.8 Å². The number of allylic oxidation sites excluding steroid dienone is 3. The van der Waals surface area contributed by atoms with Crippen molar-refractivity contribution in [3.63, 3.8) is 0 Å². The molecule has 3 fully saturated rings. The van der Waals surface area contributed by atoms with Crippen molar-refractivity contribution >= 4 is 0 Å². The van der Waals surface area contributed by atoms with Crippen molar-refractivity contribution in [2.75, 3.05) is 0 Å². The summed E-state index contributed by atoms with van der Waals surface area (Å²) in [6.07, 6.45) is 13.2. The molecule has 0 aromatic heterocycles. The second kappa shape index (κ2) is 9.90. The molecule has 0 saturated heterocycles. The summed E-state index contributed by atoms with van der Waals surface area (Å²) in [6, 6.07) is 0. The SMILES string of the molecule is CCC1(O)[C@H](O)CC(=C/C=C2\CCCC3(C)C2CCC3[C@@H](C)CCCC(C)(C)O)C[C@H]1O. The molecule has 0 aliphatic heterocycles. The van der Waals surface area contributed by atoms with E-state index in [1.165, 1.54) is 37.7 Å². The van der Waals surface area contributed by atoms with Crippen molar-refractivity contribution in [2.45, 2.75) is 129 Å². The number of aliphatic hydroxyl groups is 4. The van der Waals surface area contributed by atoms with Crippen LogP contribution in [0.3, 0.4) is 0 Å². The standard InChI is InChI=1S/C28H48O4/c1-6-28(32)24(29)17-20(18-25(28)30)11-12-21-10-8-16-27(5)22(13-14-23(21)27)19(2)9-7-15-26(3,4)31/h11-12,19,22-25,29-32H,6-10,13-18H2,1-5H3/b20-11?,21-12+/t19-,22?,23?,24+,25+,27?,28?/m0/s1. The summed E-state index contributed by atoms with van der Waals surface area (Å²) in [5.74, 6) is 2.05. The topological polar surface area (TPSA) is 80.9 Å². The average molecular weight is 449 g/mol. The molecule has 4 N–H and O–H groups in total. The van der Waals surface area contributed by atoms with Crippen molar-refractivity contribution < 1.29 is 20.4 Å². The molecule has 0 bridgehead atoms.